The van der Waals surface area contributed by atoms with Crippen LogP contribution in [0.1, 0.15) is 13.3 Å². The van der Waals surface area contributed by atoms with E-state index >= 15 is 0 Å². The van der Waals surface area contributed by atoms with E-state index in [1.54, 1.807) is 0 Å². The van der Waals surface area contributed by atoms with Crippen molar-refractivity contribution in [3.8, 4) is 0 Å². The standard InChI is InChI=1S/C17H24O5Si/c1-10(18)20-9-12-5-6-14-16(22-12)15-11(8-21-14)7-13(19)17(15)23(2,3)4/h5-6,11-12,14,16H,7-9H2,1-4H3/t11-,12-,14+,16-/m0/s1. The molecular formula is C17H24O5Si. The summed E-state index contributed by atoms with van der Waals surface area (Å²) in [7, 11) is -1.75. The Morgan fingerprint density at radius 2 is 2.09 bits per heavy atom. The molecule has 0 aromatic rings. The number of hydrogen-bond donors (Lipinski definition) is 0. The summed E-state index contributed by atoms with van der Waals surface area (Å²) in [6.07, 6.45) is 3.75. The van der Waals surface area contributed by atoms with Crippen LogP contribution in [-0.4, -0.2) is 51.4 Å². The molecule has 2 heterocycles. The Balaban J connectivity index is 1.90. The minimum absolute atomic E-state index is 0.145. The molecule has 1 fully saturated rings. The van der Waals surface area contributed by atoms with Crippen molar-refractivity contribution in [2.24, 2.45) is 5.92 Å². The maximum absolute atomic E-state index is 12.5. The molecule has 0 saturated carbocycles. The molecule has 0 spiro atoms. The van der Waals surface area contributed by atoms with Crippen molar-refractivity contribution in [2.75, 3.05) is 13.2 Å². The molecule has 23 heavy (non-hydrogen) atoms. The van der Waals surface area contributed by atoms with Crippen LogP contribution in [0.5, 0.6) is 0 Å². The van der Waals surface area contributed by atoms with E-state index in [0.29, 0.717) is 13.0 Å². The fraction of sp³-hybridized carbons (Fsp3) is 0.647. The second-order valence-electron chi connectivity index (χ2n) is 7.49. The average molecular weight is 336 g/mol. The molecule has 2 aliphatic heterocycles. The number of ether oxygens (including phenoxy) is 3. The van der Waals surface area contributed by atoms with Crippen molar-refractivity contribution in [2.45, 2.75) is 51.3 Å². The van der Waals surface area contributed by atoms with Gasteiger partial charge in [-0.2, -0.15) is 0 Å². The topological polar surface area (TPSA) is 61.8 Å². The first-order valence-corrected chi connectivity index (χ1v) is 11.6. The van der Waals surface area contributed by atoms with Crippen LogP contribution < -0.4 is 0 Å². The van der Waals surface area contributed by atoms with Gasteiger partial charge >= 0.3 is 5.97 Å². The Morgan fingerprint density at radius 3 is 2.74 bits per heavy atom. The number of carbonyl (C=O) groups excluding carboxylic acids is 2. The van der Waals surface area contributed by atoms with E-state index in [1.165, 1.54) is 6.92 Å². The third kappa shape index (κ3) is 3.20. The van der Waals surface area contributed by atoms with Crippen LogP contribution in [0.15, 0.2) is 22.9 Å². The van der Waals surface area contributed by atoms with Crippen molar-refractivity contribution in [1.29, 1.82) is 0 Å². The van der Waals surface area contributed by atoms with Crippen molar-refractivity contribution in [1.82, 2.24) is 0 Å². The van der Waals surface area contributed by atoms with Gasteiger partial charge in [0.15, 0.2) is 5.78 Å². The van der Waals surface area contributed by atoms with Crippen LogP contribution >= 0.6 is 0 Å². The highest BCUT2D eigenvalue weighted by molar-refractivity contribution is 6.87. The first-order valence-electron chi connectivity index (χ1n) is 8.14. The quantitative estimate of drug-likeness (QED) is 0.448. The van der Waals surface area contributed by atoms with Gasteiger partial charge in [0.1, 0.15) is 24.9 Å². The van der Waals surface area contributed by atoms with Crippen molar-refractivity contribution >= 4 is 19.8 Å². The lowest BCUT2D eigenvalue weighted by Crippen LogP contribution is -2.46. The van der Waals surface area contributed by atoms with Crippen molar-refractivity contribution < 1.29 is 23.8 Å². The molecule has 0 N–H and O–H groups in total. The first kappa shape index (κ1) is 16.6. The average Bonchev–Trinajstić information content (AvgIpc) is 2.81. The number of Topliss-reactive ketones (excluding diaryl/α,β-unsaturated/α-hetero) is 1. The lowest BCUT2D eigenvalue weighted by atomic mass is 9.90. The second kappa shape index (κ2) is 6.00. The molecule has 3 rings (SSSR count). The van der Waals surface area contributed by atoms with Gasteiger partial charge in [-0.25, -0.2) is 0 Å². The third-order valence-corrected chi connectivity index (χ3v) is 6.64. The number of fused-ring (bicyclic) bond motifs is 3. The highest BCUT2D eigenvalue weighted by Crippen LogP contribution is 2.43. The predicted molar refractivity (Wildman–Crippen MR) is 87.7 cm³/mol. The maximum atomic E-state index is 12.5. The van der Waals surface area contributed by atoms with E-state index < -0.39 is 8.07 Å². The molecular weight excluding hydrogens is 312 g/mol. The molecule has 0 bridgehead atoms. The Bertz CT molecular complexity index is 586. The van der Waals surface area contributed by atoms with Crippen LogP contribution in [0.4, 0.5) is 0 Å². The summed E-state index contributed by atoms with van der Waals surface area (Å²) in [6, 6.07) is 0. The second-order valence-corrected chi connectivity index (χ2v) is 12.5. The molecule has 1 saturated heterocycles. The molecule has 0 aromatic carbocycles. The summed E-state index contributed by atoms with van der Waals surface area (Å²) < 4.78 is 17.1. The first-order chi connectivity index (χ1) is 10.8. The Kier molecular flexibility index (Phi) is 4.33. The molecule has 0 radical (unpaired) electrons. The fourth-order valence-electron chi connectivity index (χ4n) is 3.74. The van der Waals surface area contributed by atoms with Gasteiger partial charge in [0.05, 0.1) is 14.7 Å². The van der Waals surface area contributed by atoms with Gasteiger partial charge in [-0.1, -0.05) is 31.8 Å². The van der Waals surface area contributed by atoms with Gasteiger partial charge in [0.2, 0.25) is 0 Å². The zero-order valence-electron chi connectivity index (χ0n) is 14.1. The van der Waals surface area contributed by atoms with E-state index in [-0.39, 0.29) is 42.6 Å². The monoisotopic (exact) mass is 336 g/mol. The van der Waals surface area contributed by atoms with E-state index in [9.17, 15) is 9.59 Å². The predicted octanol–water partition coefficient (Wildman–Crippen LogP) is 2.03. The van der Waals surface area contributed by atoms with Crippen molar-refractivity contribution in [3.63, 3.8) is 0 Å². The summed E-state index contributed by atoms with van der Waals surface area (Å²) in [6.45, 7) is 8.78. The molecule has 0 unspecified atom stereocenters. The molecule has 5 nitrogen and oxygen atoms in total. The summed E-state index contributed by atoms with van der Waals surface area (Å²) >= 11 is 0. The van der Waals surface area contributed by atoms with Gasteiger partial charge in [0, 0.05) is 19.3 Å². The van der Waals surface area contributed by atoms with Gasteiger partial charge in [-0.15, -0.1) is 0 Å². The third-order valence-electron chi connectivity index (χ3n) is 4.57. The smallest absolute Gasteiger partial charge is 0.302 e. The molecule has 126 valence electrons. The highest BCUT2D eigenvalue weighted by atomic mass is 28.3. The zero-order valence-corrected chi connectivity index (χ0v) is 15.1. The largest absolute Gasteiger partial charge is 0.463 e. The van der Waals surface area contributed by atoms with Crippen LogP contribution in [-0.2, 0) is 23.8 Å². The summed E-state index contributed by atoms with van der Waals surface area (Å²) in [4.78, 5) is 23.5. The summed E-state index contributed by atoms with van der Waals surface area (Å²) in [5.74, 6) is 0.0920. The maximum Gasteiger partial charge on any atom is 0.302 e. The normalized spacial score (nSPS) is 33.5. The number of ketones is 1. The van der Waals surface area contributed by atoms with Gasteiger partial charge < -0.3 is 14.2 Å². The minimum Gasteiger partial charge on any atom is -0.463 e. The van der Waals surface area contributed by atoms with Gasteiger partial charge in [0.25, 0.3) is 0 Å². The molecule has 6 heteroatoms. The van der Waals surface area contributed by atoms with E-state index in [1.807, 2.05) is 12.2 Å². The van der Waals surface area contributed by atoms with Gasteiger partial charge in [-0.05, 0) is 10.8 Å². The van der Waals surface area contributed by atoms with Crippen LogP contribution in [0.2, 0.25) is 19.6 Å². The lowest BCUT2D eigenvalue weighted by molar-refractivity contribution is -0.149. The molecule has 3 aliphatic rings. The SMILES string of the molecule is CC(=O)OC[C@@H]1C=C[C@H]2OC[C@@H]3CC(=O)C([Si](C)(C)C)=C3[C@H]2O1. The van der Waals surface area contributed by atoms with E-state index in [4.69, 9.17) is 14.2 Å². The van der Waals surface area contributed by atoms with Gasteiger partial charge in [-0.3, -0.25) is 9.59 Å². The summed E-state index contributed by atoms with van der Waals surface area (Å²) in [5, 5.41) is 1.03. The Hall–Kier alpha value is -1.24. The van der Waals surface area contributed by atoms with Crippen LogP contribution in [0.3, 0.4) is 0 Å². The zero-order chi connectivity index (χ0) is 16.8. The molecule has 4 atom stereocenters. The number of allylic oxidation sites excluding steroid dienone is 1. The number of rotatable bonds is 3. The van der Waals surface area contributed by atoms with E-state index in [0.717, 1.165) is 10.8 Å². The summed E-state index contributed by atoms with van der Waals surface area (Å²) in [5.41, 5.74) is 1.16. The Labute approximate surface area is 137 Å². The van der Waals surface area contributed by atoms with Crippen molar-refractivity contribution in [3.05, 3.63) is 22.9 Å². The minimum atomic E-state index is -1.75. The van der Waals surface area contributed by atoms with E-state index in [2.05, 4.69) is 19.6 Å². The number of carbonyl (C=O) groups is 2. The highest BCUT2D eigenvalue weighted by Gasteiger charge is 2.48. The Morgan fingerprint density at radius 1 is 1.35 bits per heavy atom. The molecule has 1 aliphatic carbocycles. The van der Waals surface area contributed by atoms with Crippen LogP contribution in [0.25, 0.3) is 0 Å². The number of hydrogen-bond acceptors (Lipinski definition) is 5. The molecule has 0 amide bonds. The molecule has 0 aromatic heterocycles. The fourth-order valence-corrected chi connectivity index (χ4v) is 5.89. The van der Waals surface area contributed by atoms with Crippen LogP contribution in [0, 0.1) is 5.92 Å². The number of esters is 1. The lowest BCUT2D eigenvalue weighted by Gasteiger charge is -2.40.